The Kier molecular flexibility index (Phi) is 6.08. The first kappa shape index (κ1) is 20.4. The smallest absolute Gasteiger partial charge is 0.336 e. The molecule has 0 atom stereocenters. The van der Waals surface area contributed by atoms with Crippen molar-refractivity contribution in [2.45, 2.75) is 20.4 Å². The molecule has 2 aromatic carbocycles. The Hall–Kier alpha value is -2.34. The highest BCUT2D eigenvalue weighted by molar-refractivity contribution is 6.39. The lowest BCUT2D eigenvalue weighted by atomic mass is 10.0. The average Bonchev–Trinajstić information content (AvgIpc) is 2.60. The maximum atomic E-state index is 12.4. The Morgan fingerprint density at radius 1 is 1.11 bits per heavy atom. The lowest BCUT2D eigenvalue weighted by Gasteiger charge is -2.18. The molecule has 1 aromatic heterocycles. The molecule has 0 radical (unpaired) electrons. The van der Waals surface area contributed by atoms with Gasteiger partial charge in [0, 0.05) is 18.0 Å². The molecular weight excluding hydrogens is 399 g/mol. The molecule has 7 heteroatoms. The highest BCUT2D eigenvalue weighted by Crippen LogP contribution is 2.29. The zero-order valence-corrected chi connectivity index (χ0v) is 17.3. The predicted molar refractivity (Wildman–Crippen MR) is 113 cm³/mol. The van der Waals surface area contributed by atoms with Crippen LogP contribution in [0, 0.1) is 13.8 Å². The molecule has 1 amide bonds. The van der Waals surface area contributed by atoms with Crippen LogP contribution in [0.4, 0.5) is 5.69 Å². The van der Waals surface area contributed by atoms with Crippen LogP contribution < -0.4 is 10.9 Å². The van der Waals surface area contributed by atoms with E-state index in [9.17, 15) is 9.59 Å². The number of likely N-dealkylation sites (N-methyl/N-ethyl adjacent to an activating group) is 1. The van der Waals surface area contributed by atoms with E-state index < -0.39 is 5.63 Å². The number of anilines is 1. The average molecular weight is 419 g/mol. The topological polar surface area (TPSA) is 62.6 Å². The number of benzene rings is 2. The van der Waals surface area contributed by atoms with Gasteiger partial charge in [0.15, 0.2) is 0 Å². The summed E-state index contributed by atoms with van der Waals surface area (Å²) in [5.41, 5.74) is 3.49. The predicted octanol–water partition coefficient (Wildman–Crippen LogP) is 4.79. The maximum absolute atomic E-state index is 12.4. The van der Waals surface area contributed by atoms with Crippen LogP contribution in [-0.4, -0.2) is 24.4 Å². The zero-order chi connectivity index (χ0) is 20.4. The monoisotopic (exact) mass is 418 g/mol. The molecule has 0 spiro atoms. The number of nitrogens with one attached hydrogen (secondary N) is 1. The fourth-order valence-electron chi connectivity index (χ4n) is 3.00. The van der Waals surface area contributed by atoms with Crippen molar-refractivity contribution in [2.24, 2.45) is 0 Å². The largest absolute Gasteiger partial charge is 0.423 e. The Bertz CT molecular complexity index is 1090. The molecule has 0 saturated heterocycles. The van der Waals surface area contributed by atoms with Gasteiger partial charge in [0.25, 0.3) is 0 Å². The highest BCUT2D eigenvalue weighted by atomic mass is 35.5. The van der Waals surface area contributed by atoms with Crippen molar-refractivity contribution >= 4 is 45.8 Å². The summed E-state index contributed by atoms with van der Waals surface area (Å²) in [4.78, 5) is 26.1. The van der Waals surface area contributed by atoms with Crippen molar-refractivity contribution in [1.82, 2.24) is 4.90 Å². The van der Waals surface area contributed by atoms with E-state index >= 15 is 0 Å². The number of carbonyl (C=O) groups is 1. The summed E-state index contributed by atoms with van der Waals surface area (Å²) in [6.45, 7) is 4.49. The first-order chi connectivity index (χ1) is 13.2. The Morgan fingerprint density at radius 2 is 1.75 bits per heavy atom. The number of aryl methyl sites for hydroxylation is 2. The van der Waals surface area contributed by atoms with Gasteiger partial charge < -0.3 is 9.73 Å². The third kappa shape index (κ3) is 4.55. The Labute approximate surface area is 172 Å². The van der Waals surface area contributed by atoms with E-state index in [1.165, 1.54) is 6.07 Å². The molecule has 5 nitrogen and oxygen atoms in total. The second-order valence-corrected chi connectivity index (χ2v) is 7.65. The van der Waals surface area contributed by atoms with Gasteiger partial charge in [-0.2, -0.15) is 0 Å². The maximum Gasteiger partial charge on any atom is 0.336 e. The number of carbonyl (C=O) groups excluding carboxylic acids is 1. The molecule has 0 saturated carbocycles. The molecular formula is C21H20Cl2N2O3. The fraction of sp³-hybridized carbons (Fsp3) is 0.238. The van der Waals surface area contributed by atoms with Crippen molar-refractivity contribution in [2.75, 3.05) is 18.9 Å². The summed E-state index contributed by atoms with van der Waals surface area (Å²) in [6, 6.07) is 10.4. The van der Waals surface area contributed by atoms with E-state index in [4.69, 9.17) is 27.6 Å². The number of halogens is 2. The third-order valence-electron chi connectivity index (χ3n) is 4.53. The van der Waals surface area contributed by atoms with Gasteiger partial charge in [0.1, 0.15) is 5.58 Å². The van der Waals surface area contributed by atoms with E-state index in [-0.39, 0.29) is 12.5 Å². The number of hydrogen-bond acceptors (Lipinski definition) is 4. The second-order valence-electron chi connectivity index (χ2n) is 6.84. The standard InChI is InChI=1S/C21H20Cl2N2O3/c1-12-7-15-14(9-20(27)28-18(15)8-13(12)2)10-25(3)11-19(26)24-21-16(22)5-4-6-17(21)23/h4-9H,10-11H2,1-3H3,(H,24,26). The minimum absolute atomic E-state index is 0.105. The molecule has 1 N–H and O–H groups in total. The van der Waals surface area contributed by atoms with Crippen LogP contribution >= 0.6 is 23.2 Å². The van der Waals surface area contributed by atoms with Crippen LogP contribution in [0.2, 0.25) is 10.0 Å². The van der Waals surface area contributed by atoms with Gasteiger partial charge >= 0.3 is 5.63 Å². The number of para-hydroxylation sites is 1. The van der Waals surface area contributed by atoms with Gasteiger partial charge in [-0.25, -0.2) is 4.79 Å². The van der Waals surface area contributed by atoms with Gasteiger partial charge in [-0.1, -0.05) is 29.3 Å². The van der Waals surface area contributed by atoms with E-state index in [1.807, 2.05) is 30.9 Å². The van der Waals surface area contributed by atoms with Crippen molar-refractivity contribution in [3.63, 3.8) is 0 Å². The molecule has 3 aromatic rings. The van der Waals surface area contributed by atoms with Crippen molar-refractivity contribution < 1.29 is 9.21 Å². The van der Waals surface area contributed by atoms with Crippen molar-refractivity contribution in [3.8, 4) is 0 Å². The number of rotatable bonds is 5. The molecule has 0 fully saturated rings. The van der Waals surface area contributed by atoms with Gasteiger partial charge in [-0.15, -0.1) is 0 Å². The molecule has 1 heterocycles. The highest BCUT2D eigenvalue weighted by Gasteiger charge is 2.14. The van der Waals surface area contributed by atoms with E-state index in [0.717, 1.165) is 22.1 Å². The normalized spacial score (nSPS) is 11.2. The SMILES string of the molecule is Cc1cc2oc(=O)cc(CN(C)CC(=O)Nc3c(Cl)cccc3Cl)c2cc1C. The van der Waals surface area contributed by atoms with Gasteiger partial charge in [0.2, 0.25) is 5.91 Å². The third-order valence-corrected chi connectivity index (χ3v) is 5.16. The number of amides is 1. The molecule has 0 bridgehead atoms. The lowest BCUT2D eigenvalue weighted by molar-refractivity contribution is -0.117. The molecule has 3 rings (SSSR count). The first-order valence-corrected chi connectivity index (χ1v) is 9.46. The summed E-state index contributed by atoms with van der Waals surface area (Å²) in [7, 11) is 1.80. The summed E-state index contributed by atoms with van der Waals surface area (Å²) in [5, 5.41) is 4.35. The van der Waals surface area contributed by atoms with Crippen LogP contribution in [0.25, 0.3) is 11.0 Å². The summed E-state index contributed by atoms with van der Waals surface area (Å²) < 4.78 is 5.32. The number of fused-ring (bicyclic) bond motifs is 1. The molecule has 0 unspecified atom stereocenters. The van der Waals surface area contributed by atoms with Crippen LogP contribution in [0.5, 0.6) is 0 Å². The van der Waals surface area contributed by atoms with Crippen LogP contribution in [-0.2, 0) is 11.3 Å². The Morgan fingerprint density at radius 3 is 2.43 bits per heavy atom. The van der Waals surface area contributed by atoms with Crippen molar-refractivity contribution in [1.29, 1.82) is 0 Å². The molecule has 28 heavy (non-hydrogen) atoms. The first-order valence-electron chi connectivity index (χ1n) is 8.71. The number of hydrogen-bond donors (Lipinski definition) is 1. The quantitative estimate of drug-likeness (QED) is 0.605. The minimum atomic E-state index is -0.411. The van der Waals surface area contributed by atoms with Crippen LogP contribution in [0.3, 0.4) is 0 Å². The molecule has 146 valence electrons. The fourth-order valence-corrected chi connectivity index (χ4v) is 3.49. The van der Waals surface area contributed by atoms with E-state index in [0.29, 0.717) is 27.9 Å². The molecule has 0 aliphatic rings. The van der Waals surface area contributed by atoms with Gasteiger partial charge in [-0.05, 0) is 61.9 Å². The number of nitrogens with zero attached hydrogens (tertiary/aromatic N) is 1. The van der Waals surface area contributed by atoms with E-state index in [1.54, 1.807) is 25.2 Å². The van der Waals surface area contributed by atoms with Crippen LogP contribution in [0.1, 0.15) is 16.7 Å². The van der Waals surface area contributed by atoms with Crippen molar-refractivity contribution in [3.05, 3.63) is 73.6 Å². The zero-order valence-electron chi connectivity index (χ0n) is 15.8. The van der Waals surface area contributed by atoms with Crippen LogP contribution in [0.15, 0.2) is 45.6 Å². The van der Waals surface area contributed by atoms with Gasteiger partial charge in [-0.3, -0.25) is 9.69 Å². The molecule has 0 aliphatic carbocycles. The lowest BCUT2D eigenvalue weighted by Crippen LogP contribution is -2.30. The van der Waals surface area contributed by atoms with E-state index in [2.05, 4.69) is 5.32 Å². The Balaban J connectivity index is 1.78. The minimum Gasteiger partial charge on any atom is -0.423 e. The summed E-state index contributed by atoms with van der Waals surface area (Å²) in [5.74, 6) is -0.253. The molecule has 0 aliphatic heterocycles. The van der Waals surface area contributed by atoms with Gasteiger partial charge in [0.05, 0.1) is 22.3 Å². The summed E-state index contributed by atoms with van der Waals surface area (Å²) >= 11 is 12.2. The second kappa shape index (κ2) is 8.35. The summed E-state index contributed by atoms with van der Waals surface area (Å²) in [6.07, 6.45) is 0.